The van der Waals surface area contributed by atoms with Gasteiger partial charge in [-0.05, 0) is 30.2 Å². The van der Waals surface area contributed by atoms with Crippen LogP contribution in [0.1, 0.15) is 11.1 Å². The van der Waals surface area contributed by atoms with Gasteiger partial charge >= 0.3 is 0 Å². The number of methoxy groups -OCH3 is 2. The number of ether oxygens (including phenoxy) is 2. The highest BCUT2D eigenvalue weighted by molar-refractivity contribution is 8.15. The fraction of sp³-hybridized carbons (Fsp3) is 0.250. The van der Waals surface area contributed by atoms with E-state index in [4.69, 9.17) is 21.1 Å². The first-order chi connectivity index (χ1) is 13.6. The second-order valence-electron chi connectivity index (χ2n) is 5.92. The third kappa shape index (κ3) is 4.85. The van der Waals surface area contributed by atoms with Gasteiger partial charge in [0.15, 0.2) is 16.7 Å². The summed E-state index contributed by atoms with van der Waals surface area (Å²) in [6.07, 6.45) is 2.26. The molecule has 1 fully saturated rings. The van der Waals surface area contributed by atoms with Crippen LogP contribution in [0.3, 0.4) is 0 Å². The second-order valence-corrected chi connectivity index (χ2v) is 7.27. The van der Waals surface area contributed by atoms with Crippen molar-refractivity contribution in [3.05, 3.63) is 58.6 Å². The lowest BCUT2D eigenvalue weighted by Crippen LogP contribution is -2.31. The predicted molar refractivity (Wildman–Crippen MR) is 114 cm³/mol. The third-order valence-corrected chi connectivity index (χ3v) is 5.47. The monoisotopic (exact) mass is 417 g/mol. The maximum atomic E-state index is 12.2. The molecular weight excluding hydrogens is 398 g/mol. The SMILES string of the molecule is COc1ccc(CCN2C(=O)CS/C2=N\N=C\c2ccccc2Cl)cc1OC. The maximum Gasteiger partial charge on any atom is 0.239 e. The minimum absolute atomic E-state index is 0.0252. The van der Waals surface area contributed by atoms with Gasteiger partial charge in [-0.25, -0.2) is 0 Å². The first-order valence-electron chi connectivity index (χ1n) is 8.62. The number of amidine groups is 1. The van der Waals surface area contributed by atoms with Crippen molar-refractivity contribution >= 4 is 40.7 Å². The first kappa shape index (κ1) is 20.2. The number of amides is 1. The molecule has 1 amide bonds. The molecule has 3 rings (SSSR count). The van der Waals surface area contributed by atoms with Crippen LogP contribution in [0.2, 0.25) is 5.02 Å². The summed E-state index contributed by atoms with van der Waals surface area (Å²) >= 11 is 7.49. The number of benzene rings is 2. The Hall–Kier alpha value is -2.51. The number of nitrogens with zero attached hydrogens (tertiary/aromatic N) is 3. The summed E-state index contributed by atoms with van der Waals surface area (Å²) in [5, 5.41) is 9.51. The number of hydrogen-bond donors (Lipinski definition) is 0. The van der Waals surface area contributed by atoms with E-state index in [0.29, 0.717) is 40.4 Å². The number of hydrogen-bond acceptors (Lipinski definition) is 6. The lowest BCUT2D eigenvalue weighted by Gasteiger charge is -2.16. The van der Waals surface area contributed by atoms with Crippen LogP contribution in [0.15, 0.2) is 52.7 Å². The normalized spacial score (nSPS) is 15.6. The number of carbonyl (C=O) groups is 1. The van der Waals surface area contributed by atoms with E-state index in [0.717, 1.165) is 11.1 Å². The quantitative estimate of drug-likeness (QED) is 0.506. The van der Waals surface area contributed by atoms with E-state index in [1.54, 1.807) is 31.4 Å². The number of rotatable bonds is 7. The molecule has 0 N–H and O–H groups in total. The Labute approximate surface area is 173 Å². The Morgan fingerprint density at radius 2 is 1.96 bits per heavy atom. The van der Waals surface area contributed by atoms with Gasteiger partial charge in [0, 0.05) is 17.1 Å². The van der Waals surface area contributed by atoms with Gasteiger partial charge in [-0.1, -0.05) is 47.6 Å². The standard InChI is InChI=1S/C20H20ClN3O3S/c1-26-17-8-7-14(11-18(17)27-2)9-10-24-19(25)13-28-20(24)23-22-12-15-5-3-4-6-16(15)21/h3-8,11-12H,9-10,13H2,1-2H3/b22-12+,23-20-. The van der Waals surface area contributed by atoms with E-state index >= 15 is 0 Å². The topological polar surface area (TPSA) is 63.5 Å². The number of thioether (sulfide) groups is 1. The highest BCUT2D eigenvalue weighted by atomic mass is 35.5. The maximum absolute atomic E-state index is 12.2. The number of halogens is 1. The minimum atomic E-state index is 0.0252. The van der Waals surface area contributed by atoms with Crippen molar-refractivity contribution in [3.8, 4) is 11.5 Å². The molecular formula is C20H20ClN3O3S. The van der Waals surface area contributed by atoms with Crippen LogP contribution in [-0.4, -0.2) is 48.7 Å². The van der Waals surface area contributed by atoms with Crippen LogP contribution < -0.4 is 9.47 Å². The van der Waals surface area contributed by atoms with Crippen LogP contribution in [-0.2, 0) is 11.2 Å². The molecule has 0 spiro atoms. The average Bonchev–Trinajstić information content (AvgIpc) is 3.07. The molecule has 146 valence electrons. The summed E-state index contributed by atoms with van der Waals surface area (Å²) in [6, 6.07) is 13.1. The molecule has 28 heavy (non-hydrogen) atoms. The van der Waals surface area contributed by atoms with Crippen molar-refractivity contribution in [1.82, 2.24) is 4.90 Å². The van der Waals surface area contributed by atoms with E-state index in [9.17, 15) is 4.79 Å². The summed E-state index contributed by atoms with van der Waals surface area (Å²) in [5.74, 6) is 1.74. The number of carbonyl (C=O) groups excluding carboxylic acids is 1. The van der Waals surface area contributed by atoms with Gasteiger partial charge in [0.25, 0.3) is 0 Å². The molecule has 1 aliphatic heterocycles. The molecule has 0 aromatic heterocycles. The Morgan fingerprint density at radius 3 is 2.71 bits per heavy atom. The van der Waals surface area contributed by atoms with E-state index in [2.05, 4.69) is 10.2 Å². The van der Waals surface area contributed by atoms with Gasteiger partial charge in [-0.15, -0.1) is 5.10 Å². The zero-order valence-corrected chi connectivity index (χ0v) is 17.2. The highest BCUT2D eigenvalue weighted by Crippen LogP contribution is 2.28. The van der Waals surface area contributed by atoms with Gasteiger partial charge in [0.2, 0.25) is 5.91 Å². The molecule has 0 unspecified atom stereocenters. The molecule has 1 saturated heterocycles. The van der Waals surface area contributed by atoms with Crippen LogP contribution in [0.5, 0.6) is 11.5 Å². The summed E-state index contributed by atoms with van der Waals surface area (Å²) in [7, 11) is 3.20. The Bertz CT molecular complexity index is 917. The molecule has 8 heteroatoms. The molecule has 0 aliphatic carbocycles. The summed E-state index contributed by atoms with van der Waals surface area (Å²) < 4.78 is 10.6. The molecule has 1 heterocycles. The van der Waals surface area contributed by atoms with Gasteiger partial charge in [0.05, 0.1) is 26.2 Å². The third-order valence-electron chi connectivity index (χ3n) is 4.17. The Balaban J connectivity index is 1.68. The molecule has 0 radical (unpaired) electrons. The fourth-order valence-electron chi connectivity index (χ4n) is 2.69. The largest absolute Gasteiger partial charge is 0.493 e. The molecule has 0 saturated carbocycles. The molecule has 6 nitrogen and oxygen atoms in total. The van der Waals surface area contributed by atoms with Crippen molar-refractivity contribution in [2.24, 2.45) is 10.2 Å². The predicted octanol–water partition coefficient (Wildman–Crippen LogP) is 3.87. The fourth-order valence-corrected chi connectivity index (χ4v) is 3.74. The molecule has 0 atom stereocenters. The lowest BCUT2D eigenvalue weighted by atomic mass is 10.1. The zero-order chi connectivity index (χ0) is 19.9. The smallest absolute Gasteiger partial charge is 0.239 e. The van der Waals surface area contributed by atoms with Crippen LogP contribution in [0, 0.1) is 0 Å². The van der Waals surface area contributed by atoms with Gasteiger partial charge in [-0.2, -0.15) is 5.10 Å². The summed E-state index contributed by atoms with van der Waals surface area (Å²) in [4.78, 5) is 13.9. The zero-order valence-electron chi connectivity index (χ0n) is 15.6. The van der Waals surface area contributed by atoms with Gasteiger partial charge < -0.3 is 9.47 Å². The van der Waals surface area contributed by atoms with Crippen molar-refractivity contribution < 1.29 is 14.3 Å². The lowest BCUT2D eigenvalue weighted by molar-refractivity contribution is -0.124. The summed E-state index contributed by atoms with van der Waals surface area (Å²) in [5.41, 5.74) is 1.82. The van der Waals surface area contributed by atoms with Crippen LogP contribution in [0.4, 0.5) is 0 Å². The van der Waals surface area contributed by atoms with E-state index in [1.165, 1.54) is 11.8 Å². The minimum Gasteiger partial charge on any atom is -0.493 e. The van der Waals surface area contributed by atoms with E-state index in [1.807, 2.05) is 36.4 Å². The van der Waals surface area contributed by atoms with Crippen molar-refractivity contribution in [3.63, 3.8) is 0 Å². The first-order valence-corrected chi connectivity index (χ1v) is 9.98. The Kier molecular flexibility index (Phi) is 6.95. The Morgan fingerprint density at radius 1 is 1.18 bits per heavy atom. The summed E-state index contributed by atoms with van der Waals surface area (Å²) in [6.45, 7) is 0.516. The van der Waals surface area contributed by atoms with Crippen molar-refractivity contribution in [2.75, 3.05) is 26.5 Å². The molecule has 2 aromatic carbocycles. The van der Waals surface area contributed by atoms with E-state index in [-0.39, 0.29) is 5.91 Å². The molecule has 2 aromatic rings. The van der Waals surface area contributed by atoms with E-state index < -0.39 is 0 Å². The van der Waals surface area contributed by atoms with Gasteiger partial charge in [-0.3, -0.25) is 9.69 Å². The van der Waals surface area contributed by atoms with Gasteiger partial charge in [0.1, 0.15) is 0 Å². The molecule has 1 aliphatic rings. The van der Waals surface area contributed by atoms with Crippen molar-refractivity contribution in [1.29, 1.82) is 0 Å². The second kappa shape index (κ2) is 9.61. The van der Waals surface area contributed by atoms with Crippen molar-refractivity contribution in [2.45, 2.75) is 6.42 Å². The van der Waals surface area contributed by atoms with Crippen LogP contribution in [0.25, 0.3) is 0 Å². The van der Waals surface area contributed by atoms with Crippen LogP contribution >= 0.6 is 23.4 Å². The average molecular weight is 418 g/mol. The molecule has 0 bridgehead atoms. The highest BCUT2D eigenvalue weighted by Gasteiger charge is 2.28.